The minimum atomic E-state index is -4.65. The highest BCUT2D eigenvalue weighted by Crippen LogP contribution is 2.24. The number of hydrogen-bond acceptors (Lipinski definition) is 4. The zero-order valence-electron chi connectivity index (χ0n) is 13.2. The van der Waals surface area contributed by atoms with E-state index in [9.17, 15) is 13.2 Å². The molecule has 0 aromatic heterocycles. The molecule has 0 unspecified atom stereocenters. The minimum absolute atomic E-state index is 0.177. The van der Waals surface area contributed by atoms with Gasteiger partial charge in [-0.15, -0.1) is 13.2 Å². The molecule has 1 aromatic carbocycles. The second kappa shape index (κ2) is 8.56. The molecular weight excluding hydrogens is 308 g/mol. The predicted molar refractivity (Wildman–Crippen MR) is 83.3 cm³/mol. The van der Waals surface area contributed by atoms with Crippen molar-refractivity contribution in [3.05, 3.63) is 29.8 Å². The molecule has 0 heterocycles. The molecule has 23 heavy (non-hydrogen) atoms. The van der Waals surface area contributed by atoms with Gasteiger partial charge in [-0.25, -0.2) is 0 Å². The van der Waals surface area contributed by atoms with Crippen LogP contribution in [0.3, 0.4) is 0 Å². The molecule has 0 bridgehead atoms. The van der Waals surface area contributed by atoms with Crippen molar-refractivity contribution >= 4 is 7.62 Å². The zero-order chi connectivity index (χ0) is 16.7. The van der Waals surface area contributed by atoms with Crippen molar-refractivity contribution in [2.45, 2.75) is 50.7 Å². The van der Waals surface area contributed by atoms with Crippen molar-refractivity contribution in [2.75, 3.05) is 7.11 Å². The molecule has 2 rings (SSSR count). The maximum atomic E-state index is 12.2. The van der Waals surface area contributed by atoms with Crippen LogP contribution in [-0.2, 0) is 11.2 Å². The topological polar surface area (TPSA) is 42.5 Å². The molecule has 0 saturated heterocycles. The number of nitrogens with one attached hydrogen (secondary N) is 2. The van der Waals surface area contributed by atoms with Gasteiger partial charge in [0.1, 0.15) is 5.75 Å². The summed E-state index contributed by atoms with van der Waals surface area (Å²) in [7, 11) is 2.23. The third kappa shape index (κ3) is 6.80. The van der Waals surface area contributed by atoms with Gasteiger partial charge in [0.2, 0.25) is 0 Å². The van der Waals surface area contributed by atoms with Crippen LogP contribution in [0.2, 0.25) is 0 Å². The molecule has 4 nitrogen and oxygen atoms in total. The number of halogens is 3. The summed E-state index contributed by atoms with van der Waals surface area (Å²) in [6, 6.07) is 6.97. The standard InChI is InChI=1S/C15H22BF3N2O2/c1-22-16-21-13-7-5-12(6-8-13)20-10-11-3-2-4-14(9-11)23-15(17,18)19/h2-4,9,12-13,16,20-21H,5-8,10H2,1H3/t12-,13+. The predicted octanol–water partition coefficient (Wildman–Crippen LogP) is 2.49. The second-order valence-corrected chi connectivity index (χ2v) is 5.76. The van der Waals surface area contributed by atoms with Crippen LogP contribution in [0.25, 0.3) is 0 Å². The molecule has 0 radical (unpaired) electrons. The smallest absolute Gasteiger partial charge is 0.427 e. The first-order valence-corrected chi connectivity index (χ1v) is 7.76. The monoisotopic (exact) mass is 330 g/mol. The van der Waals surface area contributed by atoms with Crippen molar-refractivity contribution in [1.29, 1.82) is 0 Å². The number of hydrogen-bond donors (Lipinski definition) is 2. The highest BCUT2D eigenvalue weighted by Gasteiger charge is 2.31. The van der Waals surface area contributed by atoms with Crippen molar-refractivity contribution in [3.8, 4) is 5.75 Å². The van der Waals surface area contributed by atoms with Crippen LogP contribution in [0.15, 0.2) is 24.3 Å². The molecule has 1 fully saturated rings. The van der Waals surface area contributed by atoms with E-state index in [1.807, 2.05) is 0 Å². The van der Waals surface area contributed by atoms with E-state index >= 15 is 0 Å². The maximum absolute atomic E-state index is 12.2. The Kier molecular flexibility index (Phi) is 6.74. The molecule has 0 spiro atoms. The number of benzene rings is 1. The van der Waals surface area contributed by atoms with Gasteiger partial charge < -0.3 is 19.9 Å². The van der Waals surface area contributed by atoms with E-state index in [2.05, 4.69) is 15.3 Å². The summed E-state index contributed by atoms with van der Waals surface area (Å²) in [5.74, 6) is -0.177. The molecule has 8 heteroatoms. The summed E-state index contributed by atoms with van der Waals surface area (Å²) < 4.78 is 45.6. The van der Waals surface area contributed by atoms with Gasteiger partial charge in [-0.05, 0) is 49.4 Å². The maximum Gasteiger partial charge on any atom is 0.573 e. The van der Waals surface area contributed by atoms with Gasteiger partial charge in [0.25, 0.3) is 0 Å². The highest BCUT2D eigenvalue weighted by molar-refractivity contribution is 6.23. The van der Waals surface area contributed by atoms with Crippen LogP contribution in [0.5, 0.6) is 5.75 Å². The van der Waals surface area contributed by atoms with Gasteiger partial charge in [0.15, 0.2) is 0 Å². The Labute approximate surface area is 135 Å². The van der Waals surface area contributed by atoms with E-state index in [-0.39, 0.29) is 5.75 Å². The lowest BCUT2D eigenvalue weighted by Gasteiger charge is -2.29. The number of rotatable bonds is 7. The molecule has 128 valence electrons. The third-order valence-corrected chi connectivity index (χ3v) is 3.97. The molecule has 1 aliphatic carbocycles. The molecule has 1 aromatic rings. The summed E-state index contributed by atoms with van der Waals surface area (Å²) >= 11 is 0. The molecule has 1 aliphatic rings. The van der Waals surface area contributed by atoms with Gasteiger partial charge >= 0.3 is 14.0 Å². The van der Waals surface area contributed by atoms with Gasteiger partial charge in [-0.3, -0.25) is 0 Å². The Hall–Kier alpha value is -1.25. The van der Waals surface area contributed by atoms with Crippen molar-refractivity contribution < 1.29 is 22.6 Å². The third-order valence-electron chi connectivity index (χ3n) is 3.97. The van der Waals surface area contributed by atoms with Crippen LogP contribution in [0.4, 0.5) is 13.2 Å². The summed E-state index contributed by atoms with van der Waals surface area (Å²) in [5.41, 5.74) is 0.784. The van der Waals surface area contributed by atoms with Gasteiger partial charge in [0.05, 0.1) is 0 Å². The van der Waals surface area contributed by atoms with Crippen LogP contribution in [-0.4, -0.2) is 33.2 Å². The fourth-order valence-electron chi connectivity index (χ4n) is 2.82. The Morgan fingerprint density at radius 1 is 1.17 bits per heavy atom. The average molecular weight is 330 g/mol. The van der Waals surface area contributed by atoms with E-state index in [0.717, 1.165) is 31.2 Å². The molecule has 0 atom stereocenters. The van der Waals surface area contributed by atoms with E-state index in [1.54, 1.807) is 19.2 Å². The van der Waals surface area contributed by atoms with Crippen molar-refractivity contribution in [2.24, 2.45) is 0 Å². The van der Waals surface area contributed by atoms with Gasteiger partial charge in [-0.2, -0.15) is 0 Å². The molecular formula is C15H22BF3N2O2. The first-order chi connectivity index (χ1) is 11.0. The Balaban J connectivity index is 1.75. The fraction of sp³-hybridized carbons (Fsp3) is 0.600. The lowest BCUT2D eigenvalue weighted by Crippen LogP contribution is -2.41. The minimum Gasteiger partial charge on any atom is -0.427 e. The first-order valence-electron chi connectivity index (χ1n) is 7.76. The van der Waals surface area contributed by atoms with Gasteiger partial charge in [0, 0.05) is 19.7 Å². The van der Waals surface area contributed by atoms with Crippen LogP contribution >= 0.6 is 0 Å². The SMILES string of the molecule is COBN[C@H]1CC[C@@H](NCc2cccc(OC(F)(F)F)c2)CC1. The summed E-state index contributed by atoms with van der Waals surface area (Å²) in [4.78, 5) is 0. The quantitative estimate of drug-likeness (QED) is 0.754. The normalized spacial score (nSPS) is 21.9. The molecule has 2 N–H and O–H groups in total. The fourth-order valence-corrected chi connectivity index (χ4v) is 2.82. The first kappa shape index (κ1) is 18.1. The summed E-state index contributed by atoms with van der Waals surface area (Å²) in [5, 5.41) is 6.73. The Morgan fingerprint density at radius 2 is 1.87 bits per heavy atom. The van der Waals surface area contributed by atoms with Gasteiger partial charge in [-0.1, -0.05) is 12.1 Å². The largest absolute Gasteiger partial charge is 0.573 e. The molecule has 0 amide bonds. The second-order valence-electron chi connectivity index (χ2n) is 5.76. The van der Waals surface area contributed by atoms with Crippen molar-refractivity contribution in [1.82, 2.24) is 10.5 Å². The van der Waals surface area contributed by atoms with E-state index in [1.165, 1.54) is 12.1 Å². The molecule has 0 aliphatic heterocycles. The molecule has 1 saturated carbocycles. The number of alkyl halides is 3. The lowest BCUT2D eigenvalue weighted by atomic mass is 9.89. The van der Waals surface area contributed by atoms with Crippen LogP contribution < -0.4 is 15.3 Å². The van der Waals surface area contributed by atoms with E-state index in [0.29, 0.717) is 26.2 Å². The number of ether oxygens (including phenoxy) is 1. The summed E-state index contributed by atoms with van der Waals surface area (Å²) in [6.07, 6.45) is -0.434. The lowest BCUT2D eigenvalue weighted by molar-refractivity contribution is -0.274. The van der Waals surface area contributed by atoms with E-state index in [4.69, 9.17) is 4.65 Å². The average Bonchev–Trinajstić information content (AvgIpc) is 2.51. The van der Waals surface area contributed by atoms with Crippen LogP contribution in [0, 0.1) is 0 Å². The summed E-state index contributed by atoms with van der Waals surface area (Å²) in [6.45, 7) is 0.538. The van der Waals surface area contributed by atoms with E-state index < -0.39 is 6.36 Å². The Bertz CT molecular complexity index is 480. The highest BCUT2D eigenvalue weighted by atomic mass is 19.4. The van der Waals surface area contributed by atoms with Crippen LogP contribution in [0.1, 0.15) is 31.2 Å². The van der Waals surface area contributed by atoms with Crippen molar-refractivity contribution in [3.63, 3.8) is 0 Å². The zero-order valence-corrected chi connectivity index (χ0v) is 13.2. The Morgan fingerprint density at radius 3 is 2.52 bits per heavy atom.